The summed E-state index contributed by atoms with van der Waals surface area (Å²) in [6.07, 6.45) is 3.86. The Kier molecular flexibility index (Phi) is 13.1. The molecule has 0 aliphatic carbocycles. The van der Waals surface area contributed by atoms with Crippen LogP contribution >= 0.6 is 22.9 Å². The van der Waals surface area contributed by atoms with Crippen molar-refractivity contribution in [2.24, 2.45) is 4.99 Å². The zero-order valence-electron chi connectivity index (χ0n) is 35.2. The maximum Gasteiger partial charge on any atom is 0.307 e. The Labute approximate surface area is 373 Å². The van der Waals surface area contributed by atoms with Gasteiger partial charge in [0.05, 0.1) is 68.2 Å². The lowest BCUT2D eigenvalue weighted by molar-refractivity contribution is -0.136. The molecule has 1 saturated heterocycles. The minimum atomic E-state index is -3.96. The fourth-order valence-electron chi connectivity index (χ4n) is 8.06. The van der Waals surface area contributed by atoms with Gasteiger partial charge in [0.2, 0.25) is 15.9 Å². The van der Waals surface area contributed by atoms with Crippen molar-refractivity contribution >= 4 is 56.1 Å². The van der Waals surface area contributed by atoms with Gasteiger partial charge in [-0.05, 0) is 81.1 Å². The summed E-state index contributed by atoms with van der Waals surface area (Å²) in [7, 11) is -2.48. The number of carboxylic acids is 1. The summed E-state index contributed by atoms with van der Waals surface area (Å²) >= 11 is 7.89. The molecule has 16 nitrogen and oxygen atoms in total. The molecule has 1 fully saturated rings. The lowest BCUT2D eigenvalue weighted by atomic mass is 9.99. The maximum atomic E-state index is 14.2. The van der Waals surface area contributed by atoms with Crippen molar-refractivity contribution in [2.45, 2.75) is 63.5 Å². The van der Waals surface area contributed by atoms with Crippen LogP contribution in [0, 0.1) is 20.8 Å². The average Bonchev–Trinajstić information content (AvgIpc) is 3.92. The largest absolute Gasteiger partial charge is 0.496 e. The van der Waals surface area contributed by atoms with Gasteiger partial charge in [0, 0.05) is 58.0 Å². The summed E-state index contributed by atoms with van der Waals surface area (Å²) in [5.41, 5.74) is 5.81. The van der Waals surface area contributed by atoms with Gasteiger partial charge in [-0.2, -0.15) is 9.40 Å². The highest BCUT2D eigenvalue weighted by atomic mass is 35.5. The molecule has 4 aromatic heterocycles. The highest BCUT2D eigenvalue weighted by molar-refractivity contribution is 7.89. The molecule has 2 aliphatic heterocycles. The molecule has 0 spiro atoms. The predicted octanol–water partition coefficient (Wildman–Crippen LogP) is 6.14. The van der Waals surface area contributed by atoms with E-state index >= 15 is 0 Å². The monoisotopic (exact) mass is 914 g/mol. The second-order valence-corrected chi connectivity index (χ2v) is 18.9. The number of aryl methyl sites for hydroxylation is 2. The van der Waals surface area contributed by atoms with Gasteiger partial charge in [-0.1, -0.05) is 29.8 Å². The molecule has 2 aliphatic rings. The van der Waals surface area contributed by atoms with Crippen molar-refractivity contribution in [3.05, 3.63) is 111 Å². The minimum Gasteiger partial charge on any atom is -0.496 e. The number of aliphatic carboxylic acids is 1. The second kappa shape index (κ2) is 18.7. The molecule has 6 aromatic rings. The fourth-order valence-corrected chi connectivity index (χ4v) is 11.1. The Morgan fingerprint density at radius 3 is 2.51 bits per heavy atom. The lowest BCUT2D eigenvalue weighted by Crippen LogP contribution is -2.41. The number of hydrogen-bond donors (Lipinski definition) is 2. The van der Waals surface area contributed by atoms with Gasteiger partial charge in [-0.3, -0.25) is 19.1 Å². The van der Waals surface area contributed by atoms with E-state index in [4.69, 9.17) is 30.8 Å². The van der Waals surface area contributed by atoms with Crippen molar-refractivity contribution in [1.82, 2.24) is 34.0 Å². The molecule has 0 unspecified atom stereocenters. The number of pyridine rings is 1. The van der Waals surface area contributed by atoms with E-state index in [1.54, 1.807) is 52.4 Å². The van der Waals surface area contributed by atoms with E-state index < -0.39 is 22.0 Å². The van der Waals surface area contributed by atoms with Gasteiger partial charge in [-0.25, -0.2) is 12.9 Å². The second-order valence-electron chi connectivity index (χ2n) is 15.4. The minimum absolute atomic E-state index is 0.0651. The van der Waals surface area contributed by atoms with Crippen LogP contribution < -0.4 is 10.1 Å². The van der Waals surface area contributed by atoms with Gasteiger partial charge in [0.15, 0.2) is 5.82 Å². The summed E-state index contributed by atoms with van der Waals surface area (Å²) in [6.45, 7) is 7.77. The number of carbonyl (C=O) groups is 2. The number of benzene rings is 2. The first-order valence-corrected chi connectivity index (χ1v) is 23.2. The average molecular weight is 915 g/mol. The number of carboxylic acid groups (broad SMARTS) is 1. The number of halogens is 1. The number of nitrogens with zero attached hydrogens (tertiary/aromatic N) is 7. The Bertz CT molecular complexity index is 2810. The molecule has 1 atom stereocenters. The van der Waals surface area contributed by atoms with Crippen LogP contribution in [0.25, 0.3) is 21.6 Å². The first-order chi connectivity index (χ1) is 30.3. The van der Waals surface area contributed by atoms with Crippen molar-refractivity contribution in [1.29, 1.82) is 0 Å². The molecular formula is C44H47ClN8O8S2. The van der Waals surface area contributed by atoms with E-state index in [0.717, 1.165) is 38.1 Å². The van der Waals surface area contributed by atoms with E-state index in [1.165, 1.54) is 17.6 Å². The topological polar surface area (TPSA) is 192 Å². The van der Waals surface area contributed by atoms with Crippen molar-refractivity contribution in [3.8, 4) is 21.9 Å². The number of thiophene rings is 1. The van der Waals surface area contributed by atoms with E-state index in [2.05, 4.69) is 34.5 Å². The molecule has 2 aromatic carbocycles. The predicted molar refractivity (Wildman–Crippen MR) is 238 cm³/mol. The highest BCUT2D eigenvalue weighted by Crippen LogP contribution is 2.41. The van der Waals surface area contributed by atoms with Crippen LogP contribution in [-0.4, -0.2) is 112 Å². The number of fused-ring (bicyclic) bond motifs is 4. The number of hydrogen-bond acceptors (Lipinski definition) is 12. The number of amides is 1. The van der Waals surface area contributed by atoms with Gasteiger partial charge in [-0.15, -0.1) is 21.5 Å². The Hall–Kier alpha value is -5.50. The molecular weight excluding hydrogens is 868 g/mol. The molecule has 19 heteroatoms. The molecule has 1 amide bonds. The summed E-state index contributed by atoms with van der Waals surface area (Å²) in [6, 6.07) is 15.3. The number of nitrogens with one attached hydrogen (secondary N) is 1. The first-order valence-electron chi connectivity index (χ1n) is 20.5. The Morgan fingerprint density at radius 1 is 0.984 bits per heavy atom. The zero-order valence-corrected chi connectivity index (χ0v) is 37.6. The highest BCUT2D eigenvalue weighted by Gasteiger charge is 2.34. The third-order valence-electron chi connectivity index (χ3n) is 11.3. The van der Waals surface area contributed by atoms with Gasteiger partial charge in [0.1, 0.15) is 22.6 Å². The number of aliphatic imine (C=N–C) groups is 1. The number of rotatable bonds is 16. The zero-order chi connectivity index (χ0) is 44.4. The van der Waals surface area contributed by atoms with Gasteiger partial charge < -0.3 is 24.6 Å². The Balaban J connectivity index is 0.826. The third kappa shape index (κ3) is 9.14. The molecule has 330 valence electrons. The van der Waals surface area contributed by atoms with E-state index in [1.807, 2.05) is 35.8 Å². The molecule has 8 rings (SSSR count). The van der Waals surface area contributed by atoms with E-state index in [9.17, 15) is 23.1 Å². The van der Waals surface area contributed by atoms with E-state index in [0.29, 0.717) is 71.4 Å². The summed E-state index contributed by atoms with van der Waals surface area (Å²) in [4.78, 5) is 31.2. The number of sulfonamides is 1. The summed E-state index contributed by atoms with van der Waals surface area (Å²) in [5.74, 6) is 0.505. The van der Waals surface area contributed by atoms with E-state index in [-0.39, 0.29) is 49.4 Å². The van der Waals surface area contributed by atoms with Gasteiger partial charge in [0.25, 0.3) is 0 Å². The molecule has 0 saturated carbocycles. The number of methoxy groups -OCH3 is 1. The lowest BCUT2D eigenvalue weighted by Gasteiger charge is -2.31. The van der Waals surface area contributed by atoms with Crippen molar-refractivity contribution < 1.29 is 37.3 Å². The Morgan fingerprint density at radius 2 is 1.76 bits per heavy atom. The fraction of sp³-hybridized carbons (Fsp3) is 0.364. The summed E-state index contributed by atoms with van der Waals surface area (Å²) in [5, 5.41) is 27.0. The number of ether oxygens (including phenoxy) is 3. The number of aromatic nitrogens is 5. The first kappa shape index (κ1) is 44.1. The smallest absolute Gasteiger partial charge is 0.307 e. The van der Waals surface area contributed by atoms with Crippen molar-refractivity contribution in [2.75, 3.05) is 46.6 Å². The van der Waals surface area contributed by atoms with Crippen LogP contribution in [0.1, 0.15) is 64.1 Å². The van der Waals surface area contributed by atoms with Crippen LogP contribution in [0.2, 0.25) is 5.02 Å². The van der Waals surface area contributed by atoms with Gasteiger partial charge >= 0.3 is 5.97 Å². The summed E-state index contributed by atoms with van der Waals surface area (Å²) < 4.78 is 50.9. The molecule has 0 radical (unpaired) electrons. The molecule has 63 heavy (non-hydrogen) atoms. The van der Waals surface area contributed by atoms with Crippen LogP contribution in [0.4, 0.5) is 0 Å². The molecule has 2 N–H and O–H groups in total. The quantitative estimate of drug-likeness (QED) is 0.106. The van der Waals surface area contributed by atoms with Crippen LogP contribution in [0.15, 0.2) is 76.9 Å². The SMILES string of the molecule is COc1cccc(S(=O)(=O)N2CCC(OCCOCCNC(=O)C[C@@H]3N=C(c4ccc(Cl)cc4)c4c(sc(C)c4C)-n4c(C)nnc43)CC2)c1-c1ccn2ncc(CC(=O)O)c2c1. The maximum absolute atomic E-state index is 14.2. The molecule has 0 bridgehead atoms. The van der Waals surface area contributed by atoms with Crippen LogP contribution in [0.3, 0.4) is 0 Å². The molecule has 6 heterocycles. The standard InChI is InChI=1S/C44H47ClN8O8S2/c1-26-27(2)62-44-40(26)42(29-8-10-32(45)11-9-29)48-34(43-50-49-28(3)53(43)44)24-38(54)46-15-19-60-20-21-61-33-13-16-51(17-14-33)63(57,58)37-7-5-6-36(59-4)41(37)30-12-18-52-35(22-30)31(25-47-52)23-39(55)56/h5-12,18,22,25,33-34H,13-17,19-21,23-24H2,1-4H3,(H,46,54)(H,55,56)/t34-/m0/s1. The number of piperidine rings is 1. The number of carbonyl (C=O) groups excluding carboxylic acids is 1. The van der Waals surface area contributed by atoms with Crippen LogP contribution in [-0.2, 0) is 35.5 Å². The van der Waals surface area contributed by atoms with Crippen molar-refractivity contribution in [3.63, 3.8) is 0 Å². The third-order valence-corrected chi connectivity index (χ3v) is 14.7. The van der Waals surface area contributed by atoms with Crippen LogP contribution in [0.5, 0.6) is 5.75 Å². The normalized spacial score (nSPS) is 15.8.